The monoisotopic (exact) mass is 225 g/mol. The van der Waals surface area contributed by atoms with Gasteiger partial charge in [0.15, 0.2) is 5.76 Å². The number of hydrogen-bond acceptors (Lipinski definition) is 3. The van der Waals surface area contributed by atoms with E-state index in [-0.39, 0.29) is 5.75 Å². The van der Waals surface area contributed by atoms with Crippen LogP contribution in [0.15, 0.2) is 47.0 Å². The van der Waals surface area contributed by atoms with Crippen molar-refractivity contribution in [3.05, 3.63) is 48.2 Å². The molecule has 1 N–H and O–H groups in total. The Morgan fingerprint density at radius 2 is 2.06 bits per heavy atom. The largest absolute Gasteiger partial charge is 0.506 e. The van der Waals surface area contributed by atoms with Crippen LogP contribution in [0.1, 0.15) is 5.56 Å². The molecule has 2 aromatic heterocycles. The maximum absolute atomic E-state index is 9.19. The van der Waals surface area contributed by atoms with Crippen LogP contribution in [-0.2, 0) is 0 Å². The summed E-state index contributed by atoms with van der Waals surface area (Å²) in [5.41, 5.74) is 2.71. The van der Waals surface area contributed by atoms with Crippen LogP contribution in [-0.4, -0.2) is 10.1 Å². The number of aromatic nitrogens is 1. The third-order valence-corrected chi connectivity index (χ3v) is 2.74. The molecular weight excluding hydrogens is 214 g/mol. The molecule has 0 aliphatic heterocycles. The molecule has 0 aliphatic rings. The molecule has 0 bridgehead atoms. The number of furan rings is 1. The highest BCUT2D eigenvalue weighted by atomic mass is 16.3. The number of aromatic hydroxyl groups is 1. The number of hydrogen-bond donors (Lipinski definition) is 1. The van der Waals surface area contributed by atoms with E-state index < -0.39 is 0 Å². The molecule has 0 saturated carbocycles. The van der Waals surface area contributed by atoms with Crippen LogP contribution in [0.25, 0.3) is 22.4 Å². The van der Waals surface area contributed by atoms with Crippen molar-refractivity contribution in [2.45, 2.75) is 6.92 Å². The summed E-state index contributed by atoms with van der Waals surface area (Å²) in [5.74, 6) is 0.871. The number of nitrogens with zero attached hydrogens (tertiary/aromatic N) is 1. The predicted molar refractivity (Wildman–Crippen MR) is 65.8 cm³/mol. The van der Waals surface area contributed by atoms with Gasteiger partial charge in [-0.25, -0.2) is 4.98 Å². The van der Waals surface area contributed by atoms with Crippen molar-refractivity contribution < 1.29 is 9.52 Å². The molecule has 3 aromatic rings. The molecule has 0 unspecified atom stereocenters. The van der Waals surface area contributed by atoms with Crippen LogP contribution in [0.4, 0.5) is 0 Å². The fraction of sp³-hybridized carbons (Fsp3) is 0.0714. The molecule has 2 heterocycles. The summed E-state index contributed by atoms with van der Waals surface area (Å²) in [4.78, 5) is 4.13. The summed E-state index contributed by atoms with van der Waals surface area (Å²) in [6.07, 6.45) is 1.41. The van der Waals surface area contributed by atoms with E-state index in [4.69, 9.17) is 4.42 Å². The molecule has 3 nitrogen and oxygen atoms in total. The lowest BCUT2D eigenvalue weighted by atomic mass is 10.2. The van der Waals surface area contributed by atoms with Crippen molar-refractivity contribution in [3.63, 3.8) is 0 Å². The molecule has 0 saturated heterocycles. The topological polar surface area (TPSA) is 46.3 Å². The zero-order chi connectivity index (χ0) is 11.8. The standard InChI is InChI=1S/C14H11NO2/c1-9-3-2-4-10-7-13(17-14(9)10)12-6-5-11(16)8-15-12/h2-8,16H,1H3. The second-order valence-corrected chi connectivity index (χ2v) is 4.01. The van der Waals surface area contributed by atoms with E-state index in [0.29, 0.717) is 5.76 Å². The lowest BCUT2D eigenvalue weighted by molar-refractivity contribution is 0.472. The Bertz CT molecular complexity index is 668. The zero-order valence-electron chi connectivity index (χ0n) is 9.34. The average molecular weight is 225 g/mol. The van der Waals surface area contributed by atoms with Gasteiger partial charge in [-0.15, -0.1) is 0 Å². The van der Waals surface area contributed by atoms with Crippen molar-refractivity contribution in [2.75, 3.05) is 0 Å². The van der Waals surface area contributed by atoms with Crippen molar-refractivity contribution in [3.8, 4) is 17.2 Å². The van der Waals surface area contributed by atoms with Crippen LogP contribution in [0.2, 0.25) is 0 Å². The quantitative estimate of drug-likeness (QED) is 0.689. The predicted octanol–water partition coefficient (Wildman–Crippen LogP) is 3.51. The number of benzene rings is 1. The highest BCUT2D eigenvalue weighted by Gasteiger charge is 2.08. The normalized spacial score (nSPS) is 10.9. The minimum Gasteiger partial charge on any atom is -0.506 e. The van der Waals surface area contributed by atoms with E-state index in [9.17, 15) is 5.11 Å². The van der Waals surface area contributed by atoms with Crippen molar-refractivity contribution in [1.29, 1.82) is 0 Å². The second kappa shape index (κ2) is 3.63. The summed E-state index contributed by atoms with van der Waals surface area (Å²) >= 11 is 0. The lowest BCUT2D eigenvalue weighted by Gasteiger charge is -1.95. The summed E-state index contributed by atoms with van der Waals surface area (Å²) in [5, 5.41) is 10.3. The van der Waals surface area contributed by atoms with Gasteiger partial charge in [0.25, 0.3) is 0 Å². The summed E-state index contributed by atoms with van der Waals surface area (Å²) in [7, 11) is 0. The average Bonchev–Trinajstić information content (AvgIpc) is 2.75. The van der Waals surface area contributed by atoms with Crippen molar-refractivity contribution >= 4 is 11.0 Å². The van der Waals surface area contributed by atoms with Crippen LogP contribution >= 0.6 is 0 Å². The van der Waals surface area contributed by atoms with Gasteiger partial charge in [0.1, 0.15) is 17.0 Å². The Morgan fingerprint density at radius 1 is 1.18 bits per heavy atom. The molecule has 84 valence electrons. The first-order chi connectivity index (χ1) is 8.24. The SMILES string of the molecule is Cc1cccc2cc(-c3ccc(O)cn3)oc12. The minimum atomic E-state index is 0.154. The van der Waals surface area contributed by atoms with Gasteiger partial charge in [-0.1, -0.05) is 18.2 Å². The van der Waals surface area contributed by atoms with Crippen LogP contribution in [0.3, 0.4) is 0 Å². The second-order valence-electron chi connectivity index (χ2n) is 4.01. The van der Waals surface area contributed by atoms with Gasteiger partial charge in [0.2, 0.25) is 0 Å². The molecule has 0 amide bonds. The molecule has 1 aromatic carbocycles. The minimum absolute atomic E-state index is 0.154. The van der Waals surface area contributed by atoms with Gasteiger partial charge in [-0.2, -0.15) is 0 Å². The van der Waals surface area contributed by atoms with E-state index in [0.717, 1.165) is 22.2 Å². The van der Waals surface area contributed by atoms with Gasteiger partial charge in [0.05, 0.1) is 6.20 Å². The molecule has 0 spiro atoms. The smallest absolute Gasteiger partial charge is 0.153 e. The van der Waals surface area contributed by atoms with Crippen LogP contribution < -0.4 is 0 Å². The Hall–Kier alpha value is -2.29. The fourth-order valence-corrected chi connectivity index (χ4v) is 1.87. The third-order valence-electron chi connectivity index (χ3n) is 2.74. The number of para-hydroxylation sites is 1. The first kappa shape index (κ1) is 9.90. The van der Waals surface area contributed by atoms with Crippen LogP contribution in [0.5, 0.6) is 5.75 Å². The molecule has 0 aliphatic carbocycles. The zero-order valence-corrected chi connectivity index (χ0v) is 9.34. The Kier molecular flexibility index (Phi) is 2.11. The Balaban J connectivity index is 2.18. The van der Waals surface area contributed by atoms with E-state index in [1.54, 1.807) is 12.1 Å². The van der Waals surface area contributed by atoms with Gasteiger partial charge in [-0.3, -0.25) is 0 Å². The van der Waals surface area contributed by atoms with Gasteiger partial charge < -0.3 is 9.52 Å². The molecule has 0 fully saturated rings. The molecular formula is C14H11NO2. The number of rotatable bonds is 1. The highest BCUT2D eigenvalue weighted by molar-refractivity contribution is 5.84. The number of pyridine rings is 1. The van der Waals surface area contributed by atoms with E-state index in [1.807, 2.05) is 31.2 Å². The van der Waals surface area contributed by atoms with Crippen molar-refractivity contribution in [1.82, 2.24) is 4.98 Å². The van der Waals surface area contributed by atoms with Gasteiger partial charge >= 0.3 is 0 Å². The maximum atomic E-state index is 9.19. The Morgan fingerprint density at radius 3 is 2.76 bits per heavy atom. The molecule has 0 radical (unpaired) electrons. The summed E-state index contributed by atoms with van der Waals surface area (Å²) < 4.78 is 5.78. The first-order valence-electron chi connectivity index (χ1n) is 5.38. The van der Waals surface area contributed by atoms with Crippen molar-refractivity contribution in [2.24, 2.45) is 0 Å². The summed E-state index contributed by atoms with van der Waals surface area (Å²) in [6.45, 7) is 2.01. The number of aryl methyl sites for hydroxylation is 1. The molecule has 3 rings (SSSR count). The Labute approximate surface area is 98.3 Å². The van der Waals surface area contributed by atoms with Gasteiger partial charge in [0, 0.05) is 5.39 Å². The van der Waals surface area contributed by atoms with Crippen LogP contribution in [0, 0.1) is 6.92 Å². The van der Waals surface area contributed by atoms with E-state index >= 15 is 0 Å². The summed E-state index contributed by atoms with van der Waals surface area (Å²) in [6, 6.07) is 11.3. The highest BCUT2D eigenvalue weighted by Crippen LogP contribution is 2.28. The lowest BCUT2D eigenvalue weighted by Crippen LogP contribution is -1.78. The number of fused-ring (bicyclic) bond motifs is 1. The maximum Gasteiger partial charge on any atom is 0.153 e. The van der Waals surface area contributed by atoms with E-state index in [2.05, 4.69) is 4.98 Å². The molecule has 3 heteroatoms. The fourth-order valence-electron chi connectivity index (χ4n) is 1.87. The molecule has 0 atom stereocenters. The molecule has 17 heavy (non-hydrogen) atoms. The third kappa shape index (κ3) is 1.65. The van der Waals surface area contributed by atoms with E-state index in [1.165, 1.54) is 6.20 Å². The van der Waals surface area contributed by atoms with Gasteiger partial charge in [-0.05, 0) is 30.7 Å². The first-order valence-corrected chi connectivity index (χ1v) is 5.38.